The summed E-state index contributed by atoms with van der Waals surface area (Å²) in [6, 6.07) is 7.81. The van der Waals surface area contributed by atoms with E-state index in [0.717, 1.165) is 48.9 Å². The van der Waals surface area contributed by atoms with Crippen LogP contribution in [-0.2, 0) is 0 Å². The number of benzene rings is 1. The van der Waals surface area contributed by atoms with E-state index in [1.807, 2.05) is 31.2 Å². The van der Waals surface area contributed by atoms with Crippen molar-refractivity contribution in [1.82, 2.24) is 0 Å². The van der Waals surface area contributed by atoms with Crippen LogP contribution in [0.25, 0.3) is 0 Å². The number of carbonyl (C=O) groups is 1. The molecular formula is C19H30ClNO. The fourth-order valence-corrected chi connectivity index (χ4v) is 2.93. The monoisotopic (exact) mass is 323 g/mol. The molecule has 2 nitrogen and oxygen atoms in total. The van der Waals surface area contributed by atoms with Crippen molar-refractivity contribution in [2.24, 2.45) is 0 Å². The number of hydrogen-bond donors (Lipinski definition) is 0. The second-order valence-corrected chi connectivity index (χ2v) is 5.94. The lowest BCUT2D eigenvalue weighted by Crippen LogP contribution is -3.00. The highest BCUT2D eigenvalue weighted by atomic mass is 35.5. The minimum Gasteiger partial charge on any atom is -1.00 e. The molecule has 0 N–H and O–H groups in total. The molecular weight excluding hydrogens is 294 g/mol. The number of nitrogens with zero attached hydrogens (tertiary/aromatic N) is 1. The van der Waals surface area contributed by atoms with Crippen molar-refractivity contribution in [2.45, 2.75) is 47.0 Å². The SMILES string of the molecule is CCC[N+](C=CC(=O)c1ccc(C)cc1)(CCC)CCC.[Cl-]. The first-order chi connectivity index (χ1) is 10.1. The summed E-state index contributed by atoms with van der Waals surface area (Å²) in [5.74, 6) is 0.112. The van der Waals surface area contributed by atoms with Gasteiger partial charge < -0.3 is 12.4 Å². The Balaban J connectivity index is 0.00000441. The molecule has 0 bridgehead atoms. The van der Waals surface area contributed by atoms with Gasteiger partial charge in [-0.15, -0.1) is 0 Å². The van der Waals surface area contributed by atoms with Gasteiger partial charge in [-0.2, -0.15) is 0 Å². The van der Waals surface area contributed by atoms with Crippen LogP contribution < -0.4 is 12.4 Å². The number of rotatable bonds is 9. The fraction of sp³-hybridized carbons (Fsp3) is 0.526. The summed E-state index contributed by atoms with van der Waals surface area (Å²) in [7, 11) is 0. The Kier molecular flexibility index (Phi) is 10.0. The van der Waals surface area contributed by atoms with Crippen LogP contribution >= 0.6 is 0 Å². The molecule has 0 aliphatic carbocycles. The maximum atomic E-state index is 12.3. The van der Waals surface area contributed by atoms with Gasteiger partial charge in [0.25, 0.3) is 0 Å². The van der Waals surface area contributed by atoms with E-state index in [2.05, 4.69) is 27.0 Å². The Labute approximate surface area is 142 Å². The van der Waals surface area contributed by atoms with E-state index < -0.39 is 0 Å². The molecule has 22 heavy (non-hydrogen) atoms. The zero-order valence-electron chi connectivity index (χ0n) is 14.4. The van der Waals surface area contributed by atoms with Crippen molar-refractivity contribution in [3.05, 3.63) is 47.7 Å². The molecule has 0 unspecified atom stereocenters. The lowest BCUT2D eigenvalue weighted by Gasteiger charge is -2.34. The third-order valence-corrected chi connectivity index (χ3v) is 3.89. The normalized spacial score (nSPS) is 11.5. The van der Waals surface area contributed by atoms with Crippen LogP contribution in [0.15, 0.2) is 36.5 Å². The zero-order valence-corrected chi connectivity index (χ0v) is 15.2. The van der Waals surface area contributed by atoms with Crippen LogP contribution in [-0.4, -0.2) is 29.9 Å². The first-order valence-corrected chi connectivity index (χ1v) is 8.23. The lowest BCUT2D eigenvalue weighted by atomic mass is 10.1. The summed E-state index contributed by atoms with van der Waals surface area (Å²) in [6.07, 6.45) is 7.35. The van der Waals surface area contributed by atoms with Crippen LogP contribution in [0.4, 0.5) is 0 Å². The van der Waals surface area contributed by atoms with Gasteiger partial charge in [0.1, 0.15) is 0 Å². The van der Waals surface area contributed by atoms with Gasteiger partial charge >= 0.3 is 0 Å². The van der Waals surface area contributed by atoms with E-state index in [0.29, 0.717) is 0 Å². The minimum atomic E-state index is 0. The number of carbonyl (C=O) groups excluding carboxylic acids is 1. The maximum absolute atomic E-state index is 12.3. The number of hydrogen-bond acceptors (Lipinski definition) is 1. The lowest BCUT2D eigenvalue weighted by molar-refractivity contribution is -0.879. The summed E-state index contributed by atoms with van der Waals surface area (Å²) in [4.78, 5) is 12.3. The molecule has 0 heterocycles. The highest BCUT2D eigenvalue weighted by Crippen LogP contribution is 2.14. The topological polar surface area (TPSA) is 17.1 Å². The number of aryl methyl sites for hydroxylation is 1. The second kappa shape index (κ2) is 10.6. The maximum Gasteiger partial charge on any atom is 0.191 e. The van der Waals surface area contributed by atoms with Crippen molar-refractivity contribution in [2.75, 3.05) is 19.6 Å². The van der Waals surface area contributed by atoms with E-state index >= 15 is 0 Å². The number of quaternary nitrogens is 1. The van der Waals surface area contributed by atoms with Crippen LogP contribution in [0.1, 0.15) is 56.0 Å². The second-order valence-electron chi connectivity index (χ2n) is 5.94. The number of ketones is 1. The summed E-state index contributed by atoms with van der Waals surface area (Å²) in [5.41, 5.74) is 1.96. The van der Waals surface area contributed by atoms with Crippen LogP contribution in [0, 0.1) is 6.92 Å². The summed E-state index contributed by atoms with van der Waals surface area (Å²) in [5, 5.41) is 0. The smallest absolute Gasteiger partial charge is 0.191 e. The molecule has 124 valence electrons. The quantitative estimate of drug-likeness (QED) is 0.384. The Morgan fingerprint density at radius 3 is 1.82 bits per heavy atom. The molecule has 1 rings (SSSR count). The molecule has 3 heteroatoms. The van der Waals surface area contributed by atoms with Gasteiger partial charge in [-0.1, -0.05) is 50.6 Å². The van der Waals surface area contributed by atoms with Gasteiger partial charge in [0.15, 0.2) is 5.78 Å². The molecule has 0 saturated carbocycles. The molecule has 1 aromatic carbocycles. The van der Waals surface area contributed by atoms with E-state index in [-0.39, 0.29) is 18.2 Å². The van der Waals surface area contributed by atoms with E-state index in [9.17, 15) is 4.79 Å². The summed E-state index contributed by atoms with van der Waals surface area (Å²) >= 11 is 0. The Bertz CT molecular complexity index is 448. The largest absolute Gasteiger partial charge is 1.00 e. The Morgan fingerprint density at radius 2 is 1.41 bits per heavy atom. The molecule has 0 saturated heterocycles. The van der Waals surface area contributed by atoms with Crippen LogP contribution in [0.5, 0.6) is 0 Å². The first-order valence-electron chi connectivity index (χ1n) is 8.23. The minimum absolute atomic E-state index is 0. The van der Waals surface area contributed by atoms with Crippen molar-refractivity contribution in [3.63, 3.8) is 0 Å². The van der Waals surface area contributed by atoms with Crippen molar-refractivity contribution < 1.29 is 21.7 Å². The highest BCUT2D eigenvalue weighted by Gasteiger charge is 2.22. The molecule has 0 atom stereocenters. The Hall–Kier alpha value is -1.12. The molecule has 0 aliphatic heterocycles. The van der Waals surface area contributed by atoms with E-state index in [4.69, 9.17) is 0 Å². The average Bonchev–Trinajstić information content (AvgIpc) is 2.46. The molecule has 0 aliphatic rings. The number of allylic oxidation sites excluding steroid dienone is 1. The Morgan fingerprint density at radius 1 is 0.955 bits per heavy atom. The van der Waals surface area contributed by atoms with Gasteiger partial charge in [0.05, 0.1) is 25.8 Å². The fourth-order valence-electron chi connectivity index (χ4n) is 2.93. The first kappa shape index (κ1) is 20.9. The van der Waals surface area contributed by atoms with E-state index in [1.54, 1.807) is 6.08 Å². The average molecular weight is 324 g/mol. The predicted molar refractivity (Wildman–Crippen MR) is 90.4 cm³/mol. The zero-order chi connectivity index (χ0) is 15.7. The highest BCUT2D eigenvalue weighted by molar-refractivity contribution is 6.04. The molecule has 0 fully saturated rings. The van der Waals surface area contributed by atoms with Crippen molar-refractivity contribution in [3.8, 4) is 0 Å². The third kappa shape index (κ3) is 6.33. The van der Waals surface area contributed by atoms with Crippen LogP contribution in [0.3, 0.4) is 0 Å². The molecule has 1 aromatic rings. The molecule has 0 amide bonds. The van der Waals surface area contributed by atoms with Crippen molar-refractivity contribution in [1.29, 1.82) is 0 Å². The van der Waals surface area contributed by atoms with Gasteiger partial charge in [0, 0.05) is 11.6 Å². The van der Waals surface area contributed by atoms with Gasteiger partial charge in [-0.25, -0.2) is 0 Å². The molecule has 0 aromatic heterocycles. The number of halogens is 1. The van der Waals surface area contributed by atoms with Gasteiger partial charge in [-0.05, 0) is 26.2 Å². The third-order valence-electron chi connectivity index (χ3n) is 3.89. The van der Waals surface area contributed by atoms with E-state index in [1.165, 1.54) is 5.56 Å². The summed E-state index contributed by atoms with van der Waals surface area (Å²) < 4.78 is 0.932. The van der Waals surface area contributed by atoms with Crippen LogP contribution in [0.2, 0.25) is 0 Å². The van der Waals surface area contributed by atoms with Gasteiger partial charge in [0.2, 0.25) is 0 Å². The molecule has 0 radical (unpaired) electrons. The van der Waals surface area contributed by atoms with Gasteiger partial charge in [-0.3, -0.25) is 9.28 Å². The molecule has 0 spiro atoms. The predicted octanol–water partition coefficient (Wildman–Crippen LogP) is 1.74. The summed E-state index contributed by atoms with van der Waals surface area (Å²) in [6.45, 7) is 12.0. The van der Waals surface area contributed by atoms with Crippen molar-refractivity contribution >= 4 is 5.78 Å². The standard InChI is InChI=1S/C19H30NO.ClH/c1-5-13-20(14-6-2,15-7-3)16-12-19(21)18-10-8-17(4)9-11-18;/h8-12,16H,5-7,13-15H2,1-4H3;1H/q+1;/p-1.